The lowest BCUT2D eigenvalue weighted by atomic mass is 10.2. The van der Waals surface area contributed by atoms with Crippen LogP contribution in [0.1, 0.15) is 26.2 Å². The average Bonchev–Trinajstić information content (AvgIpc) is 2.79. The molecule has 2 saturated heterocycles. The van der Waals surface area contributed by atoms with E-state index < -0.39 is 0 Å². The molecule has 0 radical (unpaired) electrons. The van der Waals surface area contributed by atoms with Crippen molar-refractivity contribution in [2.75, 3.05) is 57.5 Å². The van der Waals surface area contributed by atoms with E-state index in [4.69, 9.17) is 9.47 Å². The molecule has 1 unspecified atom stereocenters. The van der Waals surface area contributed by atoms with Crippen molar-refractivity contribution in [3.05, 3.63) is 0 Å². The van der Waals surface area contributed by atoms with Gasteiger partial charge in [0.2, 0.25) is 5.91 Å². The van der Waals surface area contributed by atoms with Gasteiger partial charge in [-0.1, -0.05) is 0 Å². The lowest BCUT2D eigenvalue weighted by Crippen LogP contribution is -2.50. The zero-order valence-electron chi connectivity index (χ0n) is 14.0. The highest BCUT2D eigenvalue weighted by molar-refractivity contribution is 7.99. The summed E-state index contributed by atoms with van der Waals surface area (Å²) in [6.07, 6.45) is 1.46. The first-order valence-corrected chi connectivity index (χ1v) is 9.69. The van der Waals surface area contributed by atoms with Crippen LogP contribution in [-0.4, -0.2) is 85.2 Å². The van der Waals surface area contributed by atoms with Crippen LogP contribution in [0, 0.1) is 0 Å². The minimum atomic E-state index is -0.283. The number of carbonyl (C=O) groups is 2. The number of ether oxygens (including phenoxy) is 2. The zero-order valence-corrected chi connectivity index (χ0v) is 14.8. The molecule has 23 heavy (non-hydrogen) atoms. The topological polar surface area (TPSA) is 59.1 Å². The Labute approximate surface area is 142 Å². The maximum atomic E-state index is 12.6. The molecule has 0 aromatic rings. The molecule has 0 bridgehead atoms. The Morgan fingerprint density at radius 2 is 2.00 bits per heavy atom. The molecule has 0 saturated carbocycles. The summed E-state index contributed by atoms with van der Waals surface area (Å²) < 4.78 is 10.3. The van der Waals surface area contributed by atoms with Crippen LogP contribution in [0.3, 0.4) is 0 Å². The van der Waals surface area contributed by atoms with Gasteiger partial charge >= 0.3 is 5.97 Å². The van der Waals surface area contributed by atoms with Gasteiger partial charge < -0.3 is 14.4 Å². The van der Waals surface area contributed by atoms with E-state index in [1.807, 2.05) is 16.7 Å². The summed E-state index contributed by atoms with van der Waals surface area (Å²) in [5.74, 6) is 1.87. The summed E-state index contributed by atoms with van der Waals surface area (Å²) >= 11 is 1.92. The van der Waals surface area contributed by atoms with E-state index >= 15 is 0 Å². The Morgan fingerprint density at radius 1 is 1.22 bits per heavy atom. The van der Waals surface area contributed by atoms with Crippen molar-refractivity contribution in [1.29, 1.82) is 0 Å². The molecule has 0 aliphatic carbocycles. The maximum Gasteiger partial charge on any atom is 0.306 e. The molecular weight excluding hydrogens is 316 g/mol. The lowest BCUT2D eigenvalue weighted by molar-refractivity contribution is -0.146. The van der Waals surface area contributed by atoms with E-state index in [9.17, 15) is 9.59 Å². The summed E-state index contributed by atoms with van der Waals surface area (Å²) in [5, 5.41) is 0. The Morgan fingerprint density at radius 3 is 2.74 bits per heavy atom. The predicted octanol–water partition coefficient (Wildman–Crippen LogP) is 0.996. The Kier molecular flexibility index (Phi) is 8.19. The summed E-state index contributed by atoms with van der Waals surface area (Å²) in [6, 6.07) is 0.232. The van der Waals surface area contributed by atoms with Gasteiger partial charge in [-0.05, 0) is 19.1 Å². The summed E-state index contributed by atoms with van der Waals surface area (Å²) in [7, 11) is 0. The smallest absolute Gasteiger partial charge is 0.306 e. The van der Waals surface area contributed by atoms with Crippen LogP contribution in [0.15, 0.2) is 0 Å². The third-order valence-corrected chi connectivity index (χ3v) is 5.38. The predicted molar refractivity (Wildman–Crippen MR) is 90.6 cm³/mol. The lowest BCUT2D eigenvalue weighted by Gasteiger charge is -2.35. The average molecular weight is 344 g/mol. The molecule has 2 heterocycles. The largest absolute Gasteiger partial charge is 0.466 e. The minimum Gasteiger partial charge on any atom is -0.466 e. The van der Waals surface area contributed by atoms with E-state index in [0.29, 0.717) is 6.61 Å². The molecule has 2 aliphatic heterocycles. The number of nitrogens with zero attached hydrogens (tertiary/aromatic N) is 2. The number of thioether (sulfide) groups is 1. The summed E-state index contributed by atoms with van der Waals surface area (Å²) in [6.45, 7) is 7.27. The van der Waals surface area contributed by atoms with Crippen LogP contribution in [0.5, 0.6) is 0 Å². The van der Waals surface area contributed by atoms with Crippen LogP contribution in [0.4, 0.5) is 0 Å². The highest BCUT2D eigenvalue weighted by atomic mass is 32.2. The number of carbonyl (C=O) groups excluding carboxylic acids is 2. The summed E-state index contributed by atoms with van der Waals surface area (Å²) in [4.78, 5) is 28.4. The van der Waals surface area contributed by atoms with Gasteiger partial charge in [0.15, 0.2) is 0 Å². The summed E-state index contributed by atoms with van der Waals surface area (Å²) in [5.41, 5.74) is 0. The first kappa shape index (κ1) is 18.5. The number of rotatable bonds is 6. The first-order chi connectivity index (χ1) is 11.2. The van der Waals surface area contributed by atoms with Gasteiger partial charge in [0.1, 0.15) is 0 Å². The SMILES string of the molecule is CCOC(=O)CCC(=O)N1CCCSCC1CN1CCOCC1. The van der Waals surface area contributed by atoms with Crippen molar-refractivity contribution >= 4 is 23.6 Å². The van der Waals surface area contributed by atoms with Gasteiger partial charge in [0.05, 0.1) is 32.3 Å². The van der Waals surface area contributed by atoms with Crippen molar-refractivity contribution in [1.82, 2.24) is 9.80 Å². The van der Waals surface area contributed by atoms with Crippen LogP contribution in [-0.2, 0) is 19.1 Å². The number of hydrogen-bond donors (Lipinski definition) is 0. The second-order valence-corrected chi connectivity index (χ2v) is 7.04. The van der Waals surface area contributed by atoms with Gasteiger partial charge in [-0.2, -0.15) is 11.8 Å². The quantitative estimate of drug-likeness (QED) is 0.670. The van der Waals surface area contributed by atoms with Crippen LogP contribution >= 0.6 is 11.8 Å². The standard InChI is InChI=1S/C16H28N2O4S/c1-2-22-16(20)5-4-15(19)18-6-3-11-23-13-14(18)12-17-7-9-21-10-8-17/h14H,2-13H2,1H3. The zero-order chi connectivity index (χ0) is 16.5. The number of hydrogen-bond acceptors (Lipinski definition) is 6. The van der Waals surface area contributed by atoms with Crippen LogP contribution < -0.4 is 0 Å². The van der Waals surface area contributed by atoms with Gasteiger partial charge in [0.25, 0.3) is 0 Å². The second kappa shape index (κ2) is 10.2. The molecule has 0 aromatic carbocycles. The first-order valence-electron chi connectivity index (χ1n) is 8.53. The fourth-order valence-corrected chi connectivity index (χ4v) is 4.03. The molecular formula is C16H28N2O4S. The number of amides is 1. The Bertz CT molecular complexity index is 388. The monoisotopic (exact) mass is 344 g/mol. The van der Waals surface area contributed by atoms with E-state index in [-0.39, 0.29) is 30.8 Å². The van der Waals surface area contributed by atoms with Crippen molar-refractivity contribution < 1.29 is 19.1 Å². The van der Waals surface area contributed by atoms with Crippen molar-refractivity contribution in [2.24, 2.45) is 0 Å². The van der Waals surface area contributed by atoms with Crippen molar-refractivity contribution in [2.45, 2.75) is 32.2 Å². The maximum absolute atomic E-state index is 12.6. The molecule has 7 heteroatoms. The van der Waals surface area contributed by atoms with E-state index in [1.54, 1.807) is 6.92 Å². The minimum absolute atomic E-state index is 0.0822. The fourth-order valence-electron chi connectivity index (χ4n) is 2.98. The van der Waals surface area contributed by atoms with Crippen molar-refractivity contribution in [3.63, 3.8) is 0 Å². The fraction of sp³-hybridized carbons (Fsp3) is 0.875. The van der Waals surface area contributed by atoms with Crippen molar-refractivity contribution in [3.8, 4) is 0 Å². The molecule has 0 spiro atoms. The van der Waals surface area contributed by atoms with Crippen LogP contribution in [0.25, 0.3) is 0 Å². The Balaban J connectivity index is 1.88. The third kappa shape index (κ3) is 6.31. The molecule has 0 N–H and O–H groups in total. The highest BCUT2D eigenvalue weighted by Crippen LogP contribution is 2.19. The third-order valence-electron chi connectivity index (χ3n) is 4.18. The molecule has 2 aliphatic rings. The highest BCUT2D eigenvalue weighted by Gasteiger charge is 2.28. The molecule has 0 aromatic heterocycles. The van der Waals surface area contributed by atoms with Gasteiger partial charge in [-0.25, -0.2) is 0 Å². The van der Waals surface area contributed by atoms with E-state index in [1.165, 1.54) is 0 Å². The molecule has 132 valence electrons. The molecule has 1 atom stereocenters. The number of esters is 1. The molecule has 2 rings (SSSR count). The Hall–Kier alpha value is -0.790. The van der Waals surface area contributed by atoms with Gasteiger partial charge in [-0.3, -0.25) is 14.5 Å². The normalized spacial score (nSPS) is 23.3. The molecule has 6 nitrogen and oxygen atoms in total. The van der Waals surface area contributed by atoms with Gasteiger partial charge in [0, 0.05) is 38.4 Å². The number of morpholine rings is 1. The van der Waals surface area contributed by atoms with E-state index in [0.717, 1.165) is 57.3 Å². The van der Waals surface area contributed by atoms with E-state index in [2.05, 4.69) is 4.90 Å². The van der Waals surface area contributed by atoms with Gasteiger partial charge in [-0.15, -0.1) is 0 Å². The second-order valence-electron chi connectivity index (χ2n) is 5.89. The molecule has 2 fully saturated rings. The van der Waals surface area contributed by atoms with Crippen LogP contribution in [0.2, 0.25) is 0 Å². The molecule has 1 amide bonds.